The van der Waals surface area contributed by atoms with Crippen LogP contribution >= 0.6 is 0 Å². The molecule has 0 aromatic carbocycles. The predicted octanol–water partition coefficient (Wildman–Crippen LogP) is 2.42. The van der Waals surface area contributed by atoms with Crippen LogP contribution in [-0.4, -0.2) is 51.4 Å². The van der Waals surface area contributed by atoms with Crippen LogP contribution in [0.4, 0.5) is 5.82 Å². The highest BCUT2D eigenvalue weighted by atomic mass is 16.5. The molecule has 0 amide bonds. The summed E-state index contributed by atoms with van der Waals surface area (Å²) in [5, 5.41) is 11.8. The number of nitrogens with one attached hydrogen (secondary N) is 1. The number of ether oxygens (including phenoxy) is 1. The highest BCUT2D eigenvalue weighted by Gasteiger charge is 2.43. The summed E-state index contributed by atoms with van der Waals surface area (Å²) >= 11 is 0. The number of aromatic nitrogens is 3. The first-order valence-corrected chi connectivity index (χ1v) is 9.04. The fraction of sp³-hybridized carbons (Fsp3) is 0.526. The SMILES string of the molecule is Cc1ccc(N[C@@H]2CO[C@]3(CCCN(Cc4ccccn4)C3)C2)nn1. The Bertz CT molecular complexity index is 693. The summed E-state index contributed by atoms with van der Waals surface area (Å²) in [5.41, 5.74) is 2.02. The molecule has 0 aliphatic carbocycles. The zero-order valence-corrected chi connectivity index (χ0v) is 14.7. The Morgan fingerprint density at radius 2 is 2.24 bits per heavy atom. The quantitative estimate of drug-likeness (QED) is 0.923. The van der Waals surface area contributed by atoms with Gasteiger partial charge in [0.2, 0.25) is 0 Å². The van der Waals surface area contributed by atoms with Crippen molar-refractivity contribution >= 4 is 5.82 Å². The number of pyridine rings is 1. The number of anilines is 1. The number of aryl methyl sites for hydroxylation is 1. The molecule has 2 aliphatic heterocycles. The summed E-state index contributed by atoms with van der Waals surface area (Å²) in [6, 6.07) is 10.4. The van der Waals surface area contributed by atoms with Gasteiger partial charge in [-0.3, -0.25) is 9.88 Å². The lowest BCUT2D eigenvalue weighted by Gasteiger charge is -2.39. The van der Waals surface area contributed by atoms with Crippen molar-refractivity contribution in [3.05, 3.63) is 47.9 Å². The summed E-state index contributed by atoms with van der Waals surface area (Å²) in [7, 11) is 0. The minimum atomic E-state index is -0.0389. The Kier molecular flexibility index (Phi) is 4.63. The molecule has 2 saturated heterocycles. The molecule has 2 aromatic rings. The first-order chi connectivity index (χ1) is 12.2. The average molecular weight is 339 g/mol. The first-order valence-electron chi connectivity index (χ1n) is 9.04. The van der Waals surface area contributed by atoms with E-state index in [4.69, 9.17) is 4.74 Å². The van der Waals surface area contributed by atoms with Crippen LogP contribution in [0, 0.1) is 6.92 Å². The zero-order valence-electron chi connectivity index (χ0n) is 14.7. The number of rotatable bonds is 4. The Morgan fingerprint density at radius 3 is 3.04 bits per heavy atom. The molecule has 132 valence electrons. The van der Waals surface area contributed by atoms with E-state index in [1.165, 1.54) is 6.42 Å². The van der Waals surface area contributed by atoms with Gasteiger partial charge in [-0.25, -0.2) is 0 Å². The smallest absolute Gasteiger partial charge is 0.148 e. The molecule has 2 atom stereocenters. The molecule has 0 radical (unpaired) electrons. The van der Waals surface area contributed by atoms with Gasteiger partial charge in [0.15, 0.2) is 0 Å². The fourth-order valence-corrected chi connectivity index (χ4v) is 3.95. The monoisotopic (exact) mass is 339 g/mol. The van der Waals surface area contributed by atoms with E-state index < -0.39 is 0 Å². The van der Waals surface area contributed by atoms with E-state index >= 15 is 0 Å². The Morgan fingerprint density at radius 1 is 1.28 bits per heavy atom. The van der Waals surface area contributed by atoms with Crippen LogP contribution in [0.25, 0.3) is 0 Å². The van der Waals surface area contributed by atoms with Crippen molar-refractivity contribution in [1.29, 1.82) is 0 Å². The molecule has 4 rings (SSSR count). The third-order valence-electron chi connectivity index (χ3n) is 5.09. The first kappa shape index (κ1) is 16.4. The molecule has 0 unspecified atom stereocenters. The summed E-state index contributed by atoms with van der Waals surface area (Å²) in [4.78, 5) is 6.93. The number of hydrogen-bond donors (Lipinski definition) is 1. The van der Waals surface area contributed by atoms with Crippen LogP contribution in [-0.2, 0) is 11.3 Å². The standard InChI is InChI=1S/C19H25N5O/c1-15-6-7-18(23-22-15)21-17-11-19(25-13-17)8-4-10-24(14-19)12-16-5-2-3-9-20-16/h2-3,5-7,9,17H,4,8,10-14H2,1H3,(H,21,23)/t17-,19+/m0/s1. The molecular weight excluding hydrogens is 314 g/mol. The van der Waals surface area contributed by atoms with Crippen LogP contribution in [0.3, 0.4) is 0 Å². The molecule has 6 heteroatoms. The molecule has 0 saturated carbocycles. The topological polar surface area (TPSA) is 63.2 Å². The Hall–Kier alpha value is -2.05. The van der Waals surface area contributed by atoms with Gasteiger partial charge < -0.3 is 10.1 Å². The van der Waals surface area contributed by atoms with E-state index in [1.54, 1.807) is 0 Å². The minimum Gasteiger partial charge on any atom is -0.371 e. The largest absolute Gasteiger partial charge is 0.371 e. The minimum absolute atomic E-state index is 0.0389. The molecule has 6 nitrogen and oxygen atoms in total. The Labute approximate surface area is 148 Å². The van der Waals surface area contributed by atoms with Gasteiger partial charge in [0.05, 0.1) is 29.6 Å². The highest BCUT2D eigenvalue weighted by molar-refractivity contribution is 5.34. The lowest BCUT2D eigenvalue weighted by atomic mass is 9.88. The molecule has 0 bridgehead atoms. The number of likely N-dealkylation sites (tertiary alicyclic amines) is 1. The van der Waals surface area contributed by atoms with Crippen molar-refractivity contribution in [1.82, 2.24) is 20.1 Å². The van der Waals surface area contributed by atoms with E-state index in [2.05, 4.69) is 37.5 Å². The molecule has 2 aromatic heterocycles. The van der Waals surface area contributed by atoms with Crippen molar-refractivity contribution in [3.63, 3.8) is 0 Å². The lowest BCUT2D eigenvalue weighted by Crippen LogP contribution is -2.47. The molecule has 1 spiro atoms. The summed E-state index contributed by atoms with van der Waals surface area (Å²) < 4.78 is 6.29. The maximum absolute atomic E-state index is 6.29. The summed E-state index contributed by atoms with van der Waals surface area (Å²) in [5.74, 6) is 0.831. The maximum atomic E-state index is 6.29. The van der Waals surface area contributed by atoms with Gasteiger partial charge in [-0.15, -0.1) is 5.10 Å². The fourth-order valence-electron chi connectivity index (χ4n) is 3.95. The second kappa shape index (κ2) is 7.06. The van der Waals surface area contributed by atoms with Gasteiger partial charge in [0.25, 0.3) is 0 Å². The Balaban J connectivity index is 1.36. The van der Waals surface area contributed by atoms with Crippen molar-refractivity contribution in [3.8, 4) is 0 Å². The molecule has 4 heterocycles. The third-order valence-corrected chi connectivity index (χ3v) is 5.09. The maximum Gasteiger partial charge on any atom is 0.148 e. The van der Waals surface area contributed by atoms with Gasteiger partial charge in [0.1, 0.15) is 5.82 Å². The van der Waals surface area contributed by atoms with Gasteiger partial charge in [-0.05, 0) is 50.6 Å². The molecule has 2 aliphatic rings. The molecule has 1 N–H and O–H groups in total. The predicted molar refractivity (Wildman–Crippen MR) is 96.2 cm³/mol. The summed E-state index contributed by atoms with van der Waals surface area (Å²) in [6.45, 7) is 5.66. The van der Waals surface area contributed by atoms with Gasteiger partial charge >= 0.3 is 0 Å². The van der Waals surface area contributed by atoms with Crippen molar-refractivity contribution in [2.75, 3.05) is 25.0 Å². The van der Waals surface area contributed by atoms with Crippen molar-refractivity contribution in [2.24, 2.45) is 0 Å². The van der Waals surface area contributed by atoms with E-state index in [9.17, 15) is 0 Å². The lowest BCUT2D eigenvalue weighted by molar-refractivity contribution is -0.0535. The molecule has 25 heavy (non-hydrogen) atoms. The van der Waals surface area contributed by atoms with Crippen molar-refractivity contribution < 1.29 is 4.74 Å². The van der Waals surface area contributed by atoms with Gasteiger partial charge in [0, 0.05) is 25.7 Å². The average Bonchev–Trinajstić information content (AvgIpc) is 3.00. The third kappa shape index (κ3) is 3.96. The van der Waals surface area contributed by atoms with Crippen LogP contribution in [0.15, 0.2) is 36.5 Å². The van der Waals surface area contributed by atoms with Crippen molar-refractivity contribution in [2.45, 2.75) is 44.4 Å². The second-order valence-corrected chi connectivity index (χ2v) is 7.23. The van der Waals surface area contributed by atoms with E-state index in [-0.39, 0.29) is 5.60 Å². The van der Waals surface area contributed by atoms with Crippen LogP contribution < -0.4 is 5.32 Å². The van der Waals surface area contributed by atoms with Crippen LogP contribution in [0.5, 0.6) is 0 Å². The van der Waals surface area contributed by atoms with E-state index in [1.807, 2.05) is 31.3 Å². The normalized spacial score (nSPS) is 26.8. The molecule has 2 fully saturated rings. The van der Waals surface area contributed by atoms with Crippen LogP contribution in [0.2, 0.25) is 0 Å². The van der Waals surface area contributed by atoms with Crippen LogP contribution in [0.1, 0.15) is 30.7 Å². The summed E-state index contributed by atoms with van der Waals surface area (Å²) in [6.07, 6.45) is 5.18. The number of hydrogen-bond acceptors (Lipinski definition) is 6. The van der Waals surface area contributed by atoms with E-state index in [0.29, 0.717) is 6.04 Å². The molecular formula is C19H25N5O. The highest BCUT2D eigenvalue weighted by Crippen LogP contribution is 2.36. The zero-order chi connectivity index (χ0) is 17.1. The van der Waals surface area contributed by atoms with Gasteiger partial charge in [-0.1, -0.05) is 6.07 Å². The number of nitrogens with zero attached hydrogens (tertiary/aromatic N) is 4. The number of piperidine rings is 1. The second-order valence-electron chi connectivity index (χ2n) is 7.23. The van der Waals surface area contributed by atoms with Gasteiger partial charge in [-0.2, -0.15) is 5.10 Å². The van der Waals surface area contributed by atoms with E-state index in [0.717, 1.165) is 56.3 Å².